The van der Waals surface area contributed by atoms with Crippen LogP contribution in [0.1, 0.15) is 26.7 Å². The highest BCUT2D eigenvalue weighted by Gasteiger charge is 2.26. The minimum atomic E-state index is -0.409. The van der Waals surface area contributed by atoms with Crippen LogP contribution in [0.4, 0.5) is 0 Å². The fraction of sp³-hybridized carbons (Fsp3) is 0.500. The molecule has 0 saturated carbocycles. The average molecular weight is 252 g/mol. The predicted octanol–water partition coefficient (Wildman–Crippen LogP) is 0.0866. The van der Waals surface area contributed by atoms with Crippen LogP contribution in [0.5, 0.6) is 0 Å². The first-order valence-corrected chi connectivity index (χ1v) is 5.88. The molecule has 6 nitrogen and oxygen atoms in total. The monoisotopic (exact) mass is 252 g/mol. The molecule has 0 unspecified atom stereocenters. The third kappa shape index (κ3) is 3.03. The molecule has 98 valence electrons. The molecule has 4 amide bonds. The van der Waals surface area contributed by atoms with Gasteiger partial charge in [0.25, 0.3) is 11.8 Å². The Morgan fingerprint density at radius 3 is 1.89 bits per heavy atom. The van der Waals surface area contributed by atoms with Crippen molar-refractivity contribution in [2.45, 2.75) is 26.7 Å². The number of nitrogens with zero attached hydrogens (tertiary/aromatic N) is 2. The Morgan fingerprint density at radius 2 is 1.50 bits per heavy atom. The van der Waals surface area contributed by atoms with Crippen molar-refractivity contribution in [1.82, 2.24) is 9.80 Å². The van der Waals surface area contributed by atoms with Gasteiger partial charge in [-0.05, 0) is 0 Å². The first-order valence-electron chi connectivity index (χ1n) is 5.88. The minimum absolute atomic E-state index is 0.0438. The van der Waals surface area contributed by atoms with Crippen molar-refractivity contribution < 1.29 is 19.2 Å². The molecule has 0 aromatic rings. The maximum absolute atomic E-state index is 11.6. The molecule has 0 fully saturated rings. The standard InChI is InChI=1S/C12H16N2O4/c1-3-9(15)13(10(16)4-2)7-8-14-11(17)5-6-12(14)18/h5-6H,3-4,7-8H2,1-2H3. The Morgan fingerprint density at radius 1 is 1.06 bits per heavy atom. The van der Waals surface area contributed by atoms with Crippen molar-refractivity contribution in [2.75, 3.05) is 13.1 Å². The molecule has 0 saturated heterocycles. The molecule has 1 heterocycles. The molecule has 0 N–H and O–H groups in total. The smallest absolute Gasteiger partial charge is 0.253 e. The van der Waals surface area contributed by atoms with Crippen molar-refractivity contribution in [3.8, 4) is 0 Å². The van der Waals surface area contributed by atoms with Crippen LogP contribution in [0.15, 0.2) is 12.2 Å². The Kier molecular flexibility index (Phi) is 4.76. The van der Waals surface area contributed by atoms with Gasteiger partial charge in [0.1, 0.15) is 0 Å². The molecule has 0 bridgehead atoms. The van der Waals surface area contributed by atoms with Gasteiger partial charge in [-0.2, -0.15) is 0 Å². The Balaban J connectivity index is 2.63. The van der Waals surface area contributed by atoms with Crippen LogP contribution < -0.4 is 0 Å². The molecular formula is C12H16N2O4. The summed E-state index contributed by atoms with van der Waals surface area (Å²) in [6, 6.07) is 0. The highest BCUT2D eigenvalue weighted by atomic mass is 16.2. The van der Waals surface area contributed by atoms with E-state index in [-0.39, 0.29) is 37.7 Å². The summed E-state index contributed by atoms with van der Waals surface area (Å²) in [5, 5.41) is 0. The second kappa shape index (κ2) is 6.09. The van der Waals surface area contributed by atoms with E-state index in [1.807, 2.05) is 0 Å². The molecular weight excluding hydrogens is 236 g/mol. The van der Waals surface area contributed by atoms with Crippen LogP contribution in [0.3, 0.4) is 0 Å². The molecule has 1 aliphatic rings. The Labute approximate surface area is 105 Å². The van der Waals surface area contributed by atoms with Crippen molar-refractivity contribution in [3.63, 3.8) is 0 Å². The van der Waals surface area contributed by atoms with E-state index in [9.17, 15) is 19.2 Å². The fourth-order valence-electron chi connectivity index (χ4n) is 1.62. The van der Waals surface area contributed by atoms with Gasteiger partial charge in [0, 0.05) is 38.1 Å². The summed E-state index contributed by atoms with van der Waals surface area (Å²) in [6.07, 6.45) is 2.78. The summed E-state index contributed by atoms with van der Waals surface area (Å²) < 4.78 is 0. The Bertz CT molecular complexity index is 380. The van der Waals surface area contributed by atoms with E-state index < -0.39 is 11.8 Å². The fourth-order valence-corrected chi connectivity index (χ4v) is 1.62. The summed E-state index contributed by atoms with van der Waals surface area (Å²) in [5.41, 5.74) is 0. The van der Waals surface area contributed by atoms with E-state index in [4.69, 9.17) is 0 Å². The van der Waals surface area contributed by atoms with Crippen LogP contribution in [-0.2, 0) is 19.2 Å². The first-order chi connectivity index (χ1) is 8.51. The molecule has 0 aromatic carbocycles. The summed E-state index contributed by atoms with van der Waals surface area (Å²) in [7, 11) is 0. The third-order valence-electron chi connectivity index (χ3n) is 2.65. The Hall–Kier alpha value is -1.98. The number of amides is 4. The molecule has 0 radical (unpaired) electrons. The maximum atomic E-state index is 11.6. The van der Waals surface area contributed by atoms with E-state index in [0.29, 0.717) is 0 Å². The van der Waals surface area contributed by atoms with Gasteiger partial charge in [-0.1, -0.05) is 13.8 Å². The van der Waals surface area contributed by atoms with Gasteiger partial charge < -0.3 is 0 Å². The quantitative estimate of drug-likeness (QED) is 0.650. The van der Waals surface area contributed by atoms with Crippen LogP contribution in [-0.4, -0.2) is 46.5 Å². The van der Waals surface area contributed by atoms with Gasteiger partial charge in [-0.25, -0.2) is 0 Å². The van der Waals surface area contributed by atoms with Gasteiger partial charge in [-0.3, -0.25) is 29.0 Å². The van der Waals surface area contributed by atoms with Gasteiger partial charge in [0.2, 0.25) is 11.8 Å². The lowest BCUT2D eigenvalue weighted by Gasteiger charge is -2.22. The minimum Gasteiger partial charge on any atom is -0.281 e. The van der Waals surface area contributed by atoms with Gasteiger partial charge in [0.05, 0.1) is 0 Å². The number of imide groups is 2. The molecule has 0 atom stereocenters. The SMILES string of the molecule is CCC(=O)N(CCN1C(=O)C=CC1=O)C(=O)CC. The van der Waals surface area contributed by atoms with Gasteiger partial charge in [-0.15, -0.1) is 0 Å². The number of carbonyl (C=O) groups is 4. The normalized spacial score (nSPS) is 14.2. The first kappa shape index (κ1) is 14.1. The molecule has 18 heavy (non-hydrogen) atoms. The topological polar surface area (TPSA) is 74.8 Å². The molecule has 1 aliphatic heterocycles. The van der Waals surface area contributed by atoms with Gasteiger partial charge >= 0.3 is 0 Å². The van der Waals surface area contributed by atoms with Crippen molar-refractivity contribution in [3.05, 3.63) is 12.2 Å². The lowest BCUT2D eigenvalue weighted by molar-refractivity contribution is -0.147. The van der Waals surface area contributed by atoms with E-state index >= 15 is 0 Å². The highest BCUT2D eigenvalue weighted by molar-refractivity contribution is 6.12. The second-order valence-corrected chi connectivity index (χ2v) is 3.81. The number of hydrogen-bond acceptors (Lipinski definition) is 4. The number of carbonyl (C=O) groups excluding carboxylic acids is 4. The van der Waals surface area contributed by atoms with Crippen LogP contribution in [0, 0.1) is 0 Å². The van der Waals surface area contributed by atoms with E-state index in [1.54, 1.807) is 13.8 Å². The second-order valence-electron chi connectivity index (χ2n) is 3.81. The molecule has 0 spiro atoms. The third-order valence-corrected chi connectivity index (χ3v) is 2.65. The molecule has 1 rings (SSSR count). The van der Waals surface area contributed by atoms with Crippen LogP contribution in [0.25, 0.3) is 0 Å². The molecule has 0 aromatic heterocycles. The summed E-state index contributed by atoms with van der Waals surface area (Å²) in [6.45, 7) is 3.42. The predicted molar refractivity (Wildman–Crippen MR) is 63.2 cm³/mol. The van der Waals surface area contributed by atoms with Crippen LogP contribution in [0.2, 0.25) is 0 Å². The highest BCUT2D eigenvalue weighted by Crippen LogP contribution is 2.05. The lowest BCUT2D eigenvalue weighted by atomic mass is 10.3. The zero-order valence-corrected chi connectivity index (χ0v) is 10.5. The number of hydrogen-bond donors (Lipinski definition) is 0. The largest absolute Gasteiger partial charge is 0.281 e. The summed E-state index contributed by atoms with van der Waals surface area (Å²) in [5.74, 6) is -1.41. The maximum Gasteiger partial charge on any atom is 0.253 e. The zero-order chi connectivity index (χ0) is 13.7. The zero-order valence-electron chi connectivity index (χ0n) is 10.5. The van der Waals surface area contributed by atoms with E-state index in [1.165, 1.54) is 12.2 Å². The lowest BCUT2D eigenvalue weighted by Crippen LogP contribution is -2.43. The van der Waals surface area contributed by atoms with E-state index in [2.05, 4.69) is 0 Å². The van der Waals surface area contributed by atoms with Crippen molar-refractivity contribution in [1.29, 1.82) is 0 Å². The van der Waals surface area contributed by atoms with Crippen LogP contribution >= 0.6 is 0 Å². The molecule has 0 aliphatic carbocycles. The van der Waals surface area contributed by atoms with Crippen molar-refractivity contribution >= 4 is 23.6 Å². The number of rotatable bonds is 5. The average Bonchev–Trinajstić information content (AvgIpc) is 2.69. The van der Waals surface area contributed by atoms with Crippen molar-refractivity contribution in [2.24, 2.45) is 0 Å². The van der Waals surface area contributed by atoms with Gasteiger partial charge in [0.15, 0.2) is 0 Å². The van der Waals surface area contributed by atoms with E-state index in [0.717, 1.165) is 9.80 Å². The summed E-state index contributed by atoms with van der Waals surface area (Å²) in [4.78, 5) is 47.9. The summed E-state index contributed by atoms with van der Waals surface area (Å²) >= 11 is 0. The molecule has 6 heteroatoms.